The van der Waals surface area contributed by atoms with E-state index in [1.807, 2.05) is 18.7 Å². The molecule has 1 aromatic rings. The van der Waals surface area contributed by atoms with Gasteiger partial charge in [0.25, 0.3) is 5.91 Å². The van der Waals surface area contributed by atoms with Crippen molar-refractivity contribution in [1.29, 1.82) is 0 Å². The lowest BCUT2D eigenvalue weighted by atomic mass is 10.0. The topological polar surface area (TPSA) is 58.8 Å². The van der Waals surface area contributed by atoms with Gasteiger partial charge in [0, 0.05) is 44.2 Å². The van der Waals surface area contributed by atoms with Crippen LogP contribution >= 0.6 is 0 Å². The fourth-order valence-electron chi connectivity index (χ4n) is 3.35. The lowest BCUT2D eigenvalue weighted by molar-refractivity contribution is 0.0163. The van der Waals surface area contributed by atoms with Gasteiger partial charge in [-0.1, -0.05) is 19.0 Å². The summed E-state index contributed by atoms with van der Waals surface area (Å²) in [5.41, 5.74) is 0.447. The van der Waals surface area contributed by atoms with Gasteiger partial charge < -0.3 is 14.2 Å². The zero-order chi connectivity index (χ0) is 16.2. The maximum absolute atomic E-state index is 12.8. The standard InChI is InChI=1S/C17H27N3O3/c1-13(2)16-11-15(18-23-16)17(21)20-6-4-3-5-14(20)12-19-7-9-22-10-8-19/h11,13-14H,3-10,12H2,1-2H3/t14-/m1/s1. The van der Waals surface area contributed by atoms with E-state index in [1.54, 1.807) is 6.07 Å². The normalized spacial score (nSPS) is 23.4. The molecule has 1 atom stereocenters. The number of nitrogens with zero attached hydrogens (tertiary/aromatic N) is 3. The van der Waals surface area contributed by atoms with E-state index in [0.29, 0.717) is 5.69 Å². The fourth-order valence-corrected chi connectivity index (χ4v) is 3.35. The number of carbonyl (C=O) groups excluding carboxylic acids is 1. The third kappa shape index (κ3) is 3.93. The number of carbonyl (C=O) groups is 1. The van der Waals surface area contributed by atoms with Crippen LogP contribution in [0.4, 0.5) is 0 Å². The Labute approximate surface area is 137 Å². The summed E-state index contributed by atoms with van der Waals surface area (Å²) in [5.74, 6) is 1.03. The van der Waals surface area contributed by atoms with Gasteiger partial charge >= 0.3 is 0 Å². The molecule has 2 aliphatic rings. The second-order valence-electron chi connectivity index (χ2n) is 6.83. The molecule has 23 heavy (non-hydrogen) atoms. The van der Waals surface area contributed by atoms with Crippen molar-refractivity contribution in [3.8, 4) is 0 Å². The van der Waals surface area contributed by atoms with Crippen LogP contribution in [0.15, 0.2) is 10.6 Å². The molecule has 1 amide bonds. The second kappa shape index (κ2) is 7.45. The quantitative estimate of drug-likeness (QED) is 0.850. The molecule has 3 rings (SSSR count). The minimum atomic E-state index is 0.0126. The summed E-state index contributed by atoms with van der Waals surface area (Å²) in [6, 6.07) is 2.07. The predicted molar refractivity (Wildman–Crippen MR) is 86.5 cm³/mol. The zero-order valence-electron chi connectivity index (χ0n) is 14.2. The van der Waals surface area contributed by atoms with Crippen LogP contribution in [-0.4, -0.2) is 66.3 Å². The van der Waals surface area contributed by atoms with Crippen molar-refractivity contribution < 1.29 is 14.1 Å². The van der Waals surface area contributed by atoms with Crippen molar-refractivity contribution in [1.82, 2.24) is 15.0 Å². The highest BCUT2D eigenvalue weighted by atomic mass is 16.5. The molecule has 0 bridgehead atoms. The van der Waals surface area contributed by atoms with Crippen LogP contribution in [0.1, 0.15) is 55.3 Å². The van der Waals surface area contributed by atoms with Gasteiger partial charge in [-0.05, 0) is 19.3 Å². The average molecular weight is 321 g/mol. The number of hydrogen-bond acceptors (Lipinski definition) is 5. The number of piperidine rings is 1. The summed E-state index contributed by atoms with van der Waals surface area (Å²) in [5, 5.41) is 3.99. The van der Waals surface area contributed by atoms with Gasteiger partial charge in [-0.15, -0.1) is 0 Å². The van der Waals surface area contributed by atoms with Crippen LogP contribution in [-0.2, 0) is 4.74 Å². The van der Waals surface area contributed by atoms with Gasteiger partial charge in [-0.3, -0.25) is 9.69 Å². The van der Waals surface area contributed by atoms with Crippen molar-refractivity contribution in [2.75, 3.05) is 39.4 Å². The van der Waals surface area contributed by atoms with Crippen molar-refractivity contribution in [3.05, 3.63) is 17.5 Å². The van der Waals surface area contributed by atoms with Gasteiger partial charge in [0.2, 0.25) is 0 Å². The monoisotopic (exact) mass is 321 g/mol. The van der Waals surface area contributed by atoms with Gasteiger partial charge in [0.05, 0.1) is 13.2 Å². The van der Waals surface area contributed by atoms with E-state index >= 15 is 0 Å². The van der Waals surface area contributed by atoms with E-state index in [0.717, 1.165) is 58.0 Å². The molecule has 2 saturated heterocycles. The number of likely N-dealkylation sites (tertiary alicyclic amines) is 1. The van der Waals surface area contributed by atoms with Gasteiger partial charge in [-0.25, -0.2) is 0 Å². The molecular weight excluding hydrogens is 294 g/mol. The van der Waals surface area contributed by atoms with Crippen LogP contribution < -0.4 is 0 Å². The SMILES string of the molecule is CC(C)c1cc(C(=O)N2CCCC[C@@H]2CN2CCOCC2)no1. The number of aromatic nitrogens is 1. The first-order chi connectivity index (χ1) is 11.1. The fraction of sp³-hybridized carbons (Fsp3) is 0.765. The Morgan fingerprint density at radius 1 is 1.30 bits per heavy atom. The van der Waals surface area contributed by atoms with Crippen molar-refractivity contribution in [2.24, 2.45) is 0 Å². The smallest absolute Gasteiger partial charge is 0.276 e. The van der Waals surface area contributed by atoms with E-state index in [1.165, 1.54) is 6.42 Å². The van der Waals surface area contributed by atoms with Crippen LogP contribution in [0.3, 0.4) is 0 Å². The molecule has 0 saturated carbocycles. The highest BCUT2D eigenvalue weighted by Crippen LogP contribution is 2.22. The molecule has 3 heterocycles. The molecule has 2 fully saturated rings. The Kier molecular flexibility index (Phi) is 5.33. The number of morpholine rings is 1. The average Bonchev–Trinajstić information content (AvgIpc) is 3.06. The molecule has 0 spiro atoms. The van der Waals surface area contributed by atoms with Crippen LogP contribution in [0.5, 0.6) is 0 Å². The summed E-state index contributed by atoms with van der Waals surface area (Å²) in [4.78, 5) is 17.3. The van der Waals surface area contributed by atoms with Gasteiger partial charge in [-0.2, -0.15) is 0 Å². The number of ether oxygens (including phenoxy) is 1. The number of amides is 1. The molecule has 0 radical (unpaired) electrons. The maximum Gasteiger partial charge on any atom is 0.276 e. The summed E-state index contributed by atoms with van der Waals surface area (Å²) in [7, 11) is 0. The molecule has 6 nitrogen and oxygen atoms in total. The van der Waals surface area contributed by atoms with E-state index in [9.17, 15) is 4.79 Å². The van der Waals surface area contributed by atoms with Gasteiger partial charge in [0.15, 0.2) is 5.69 Å². The molecule has 0 N–H and O–H groups in total. The van der Waals surface area contributed by atoms with Crippen LogP contribution in [0.25, 0.3) is 0 Å². The summed E-state index contributed by atoms with van der Waals surface area (Å²) >= 11 is 0. The first-order valence-corrected chi connectivity index (χ1v) is 8.73. The summed E-state index contributed by atoms with van der Waals surface area (Å²) < 4.78 is 10.7. The second-order valence-corrected chi connectivity index (χ2v) is 6.83. The minimum Gasteiger partial charge on any atom is -0.379 e. The van der Waals surface area contributed by atoms with Crippen LogP contribution in [0, 0.1) is 0 Å². The Morgan fingerprint density at radius 3 is 2.78 bits per heavy atom. The molecule has 128 valence electrons. The van der Waals surface area contributed by atoms with Crippen molar-refractivity contribution >= 4 is 5.91 Å². The van der Waals surface area contributed by atoms with E-state index in [4.69, 9.17) is 9.26 Å². The highest BCUT2D eigenvalue weighted by Gasteiger charge is 2.31. The van der Waals surface area contributed by atoms with Crippen molar-refractivity contribution in [3.63, 3.8) is 0 Å². The van der Waals surface area contributed by atoms with Gasteiger partial charge in [0.1, 0.15) is 5.76 Å². The number of hydrogen-bond donors (Lipinski definition) is 0. The lowest BCUT2D eigenvalue weighted by Gasteiger charge is -2.39. The third-order valence-corrected chi connectivity index (χ3v) is 4.78. The zero-order valence-corrected chi connectivity index (χ0v) is 14.2. The highest BCUT2D eigenvalue weighted by molar-refractivity contribution is 5.92. The summed E-state index contributed by atoms with van der Waals surface area (Å²) in [6.07, 6.45) is 3.33. The maximum atomic E-state index is 12.8. The first kappa shape index (κ1) is 16.5. The molecule has 2 aliphatic heterocycles. The molecular formula is C17H27N3O3. The van der Waals surface area contributed by atoms with Crippen molar-refractivity contribution in [2.45, 2.75) is 45.1 Å². The molecule has 0 aromatic carbocycles. The Morgan fingerprint density at radius 2 is 2.09 bits per heavy atom. The van der Waals surface area contributed by atoms with E-state index < -0.39 is 0 Å². The Bertz CT molecular complexity index is 523. The van der Waals surface area contributed by atoms with Crippen LogP contribution in [0.2, 0.25) is 0 Å². The minimum absolute atomic E-state index is 0.0126. The van der Waals surface area contributed by atoms with E-state index in [2.05, 4.69) is 10.1 Å². The Hall–Kier alpha value is -1.40. The summed E-state index contributed by atoms with van der Waals surface area (Å²) in [6.45, 7) is 9.33. The molecule has 0 aliphatic carbocycles. The largest absolute Gasteiger partial charge is 0.379 e. The van der Waals surface area contributed by atoms with E-state index in [-0.39, 0.29) is 17.9 Å². The molecule has 0 unspecified atom stereocenters. The number of rotatable bonds is 4. The first-order valence-electron chi connectivity index (χ1n) is 8.73. The molecule has 6 heteroatoms. The third-order valence-electron chi connectivity index (χ3n) is 4.78. The lowest BCUT2D eigenvalue weighted by Crippen LogP contribution is -2.51. The predicted octanol–water partition coefficient (Wildman–Crippen LogP) is 2.12. The Balaban J connectivity index is 1.67. The molecule has 1 aromatic heterocycles.